The summed E-state index contributed by atoms with van der Waals surface area (Å²) in [5, 5.41) is 0. The third-order valence-electron chi connectivity index (χ3n) is 3.26. The maximum Gasteiger partial charge on any atom is 0.416 e. The zero-order chi connectivity index (χ0) is 21.2. The van der Waals surface area contributed by atoms with Crippen molar-refractivity contribution in [2.75, 3.05) is 0 Å². The fourth-order valence-electron chi connectivity index (χ4n) is 2.03. The predicted molar refractivity (Wildman–Crippen MR) is 89.7 cm³/mol. The summed E-state index contributed by atoms with van der Waals surface area (Å²) in [6.45, 7) is 1.31. The minimum absolute atomic E-state index is 0.00193. The van der Waals surface area contributed by atoms with E-state index in [1.54, 1.807) is 0 Å². The molecule has 0 radical (unpaired) electrons. The minimum Gasteiger partial charge on any atom is -0.449 e. The Labute approximate surface area is 154 Å². The van der Waals surface area contributed by atoms with Crippen LogP contribution in [0.4, 0.5) is 32.0 Å². The molecule has 12 heteroatoms. The van der Waals surface area contributed by atoms with Crippen LogP contribution < -0.4 is 21.9 Å². The summed E-state index contributed by atoms with van der Waals surface area (Å²) in [5.74, 6) is -6.54. The molecule has 0 bridgehead atoms. The number of nitrogens with zero attached hydrogens (tertiary/aromatic N) is 2. The van der Waals surface area contributed by atoms with Crippen molar-refractivity contribution in [2.45, 2.75) is 13.1 Å². The molecule has 0 atom stereocenters. The first-order valence-electron chi connectivity index (χ1n) is 7.36. The maximum atomic E-state index is 14.0. The highest BCUT2D eigenvalue weighted by Crippen LogP contribution is 2.39. The minimum atomic E-state index is -4.96. The van der Waals surface area contributed by atoms with Crippen LogP contribution in [0.2, 0.25) is 0 Å². The number of hydrogen-bond acceptors (Lipinski definition) is 2. The molecular weight excluding hydrogens is 392 g/mol. The van der Waals surface area contributed by atoms with E-state index in [9.17, 15) is 26.3 Å². The van der Waals surface area contributed by atoms with Crippen molar-refractivity contribution in [1.82, 2.24) is 0 Å². The Balaban J connectivity index is 2.55. The Kier molecular flexibility index (Phi) is 5.71. The zero-order valence-electron chi connectivity index (χ0n) is 14.1. The summed E-state index contributed by atoms with van der Waals surface area (Å²) >= 11 is 0. The fraction of sp³-hybridized carbons (Fsp3) is 0.125. The van der Waals surface area contributed by atoms with Gasteiger partial charge in [-0.1, -0.05) is 0 Å². The second-order valence-electron chi connectivity index (χ2n) is 5.44. The second-order valence-corrected chi connectivity index (χ2v) is 5.44. The topological polar surface area (TPSA) is 112 Å². The molecule has 2 aromatic rings. The average Bonchev–Trinajstić information content (AvgIpc) is 2.53. The van der Waals surface area contributed by atoms with Crippen molar-refractivity contribution in [2.24, 2.45) is 27.2 Å². The standard InChI is InChI=1S/C16H13F6N5O/c1-6-2-12(11(5-8(6)17)26-15(25)27-14(23)24)28-13-9(18)3-7(4-10(13)19)16(20,21)22/h2-5H,1H3,(H6,23,24,25,26,27). The van der Waals surface area contributed by atoms with Crippen LogP contribution in [0, 0.1) is 24.4 Å². The predicted octanol–water partition coefficient (Wildman–Crippen LogP) is 3.44. The average molecular weight is 405 g/mol. The summed E-state index contributed by atoms with van der Waals surface area (Å²) in [7, 11) is 0. The van der Waals surface area contributed by atoms with E-state index >= 15 is 0 Å². The van der Waals surface area contributed by atoms with E-state index in [2.05, 4.69) is 9.98 Å². The number of rotatable bonds is 3. The van der Waals surface area contributed by atoms with Crippen molar-refractivity contribution in [3.05, 3.63) is 52.8 Å². The quantitative estimate of drug-likeness (QED) is 0.413. The van der Waals surface area contributed by atoms with Crippen LogP contribution in [0.5, 0.6) is 11.5 Å². The third-order valence-corrected chi connectivity index (χ3v) is 3.26. The smallest absolute Gasteiger partial charge is 0.416 e. The summed E-state index contributed by atoms with van der Waals surface area (Å²) in [6, 6.07) is 1.96. The molecule has 0 amide bonds. The lowest BCUT2D eigenvalue weighted by Crippen LogP contribution is -2.26. The van der Waals surface area contributed by atoms with Crippen LogP contribution in [0.15, 0.2) is 34.3 Å². The van der Waals surface area contributed by atoms with Gasteiger partial charge in [-0.05, 0) is 30.7 Å². The molecule has 28 heavy (non-hydrogen) atoms. The largest absolute Gasteiger partial charge is 0.449 e. The number of alkyl halides is 3. The van der Waals surface area contributed by atoms with Gasteiger partial charge in [0.2, 0.25) is 5.96 Å². The molecule has 0 aliphatic heterocycles. The molecule has 0 fully saturated rings. The first-order valence-corrected chi connectivity index (χ1v) is 7.36. The van der Waals surface area contributed by atoms with Crippen molar-refractivity contribution in [1.29, 1.82) is 0 Å². The summed E-state index contributed by atoms with van der Waals surface area (Å²) in [4.78, 5) is 7.07. The number of ether oxygens (including phenoxy) is 1. The molecule has 150 valence electrons. The lowest BCUT2D eigenvalue weighted by Gasteiger charge is -2.14. The lowest BCUT2D eigenvalue weighted by atomic mass is 10.1. The van der Waals surface area contributed by atoms with Gasteiger partial charge < -0.3 is 21.9 Å². The van der Waals surface area contributed by atoms with E-state index in [0.29, 0.717) is 0 Å². The SMILES string of the molecule is Cc1cc(Oc2c(F)cc(C(F)(F)F)cc2F)c(N=C(N)N=C(N)N)cc1F. The second kappa shape index (κ2) is 7.66. The number of halogens is 6. The molecule has 6 nitrogen and oxygen atoms in total. The Hall–Kier alpha value is -3.44. The number of aryl methyl sites for hydroxylation is 1. The molecule has 0 heterocycles. The van der Waals surface area contributed by atoms with E-state index in [1.165, 1.54) is 6.92 Å². The monoisotopic (exact) mass is 405 g/mol. The first-order chi connectivity index (χ1) is 12.9. The van der Waals surface area contributed by atoms with Crippen LogP contribution in [-0.2, 0) is 6.18 Å². The third kappa shape index (κ3) is 4.84. The van der Waals surface area contributed by atoms with Crippen molar-refractivity contribution < 1.29 is 31.1 Å². The molecule has 0 saturated heterocycles. The van der Waals surface area contributed by atoms with Crippen LogP contribution >= 0.6 is 0 Å². The van der Waals surface area contributed by atoms with E-state index in [1.807, 2.05) is 0 Å². The number of benzene rings is 2. The number of aliphatic imine (C=N–C) groups is 2. The van der Waals surface area contributed by atoms with Crippen LogP contribution in [0.25, 0.3) is 0 Å². The van der Waals surface area contributed by atoms with Gasteiger partial charge in [0.15, 0.2) is 29.1 Å². The molecule has 0 aliphatic rings. The summed E-state index contributed by atoms with van der Waals surface area (Å²) in [5.41, 5.74) is 13.8. The molecular formula is C16H13F6N5O. The number of nitrogens with two attached hydrogens (primary N) is 3. The van der Waals surface area contributed by atoms with Gasteiger partial charge in [0.05, 0.1) is 5.56 Å². The van der Waals surface area contributed by atoms with E-state index in [0.717, 1.165) is 12.1 Å². The van der Waals surface area contributed by atoms with E-state index in [-0.39, 0.29) is 23.4 Å². The van der Waals surface area contributed by atoms with Gasteiger partial charge in [0, 0.05) is 6.07 Å². The Bertz CT molecular complexity index is 944. The number of hydrogen-bond donors (Lipinski definition) is 3. The molecule has 2 aromatic carbocycles. The lowest BCUT2D eigenvalue weighted by molar-refractivity contribution is -0.138. The van der Waals surface area contributed by atoms with Gasteiger partial charge in [-0.25, -0.2) is 18.2 Å². The van der Waals surface area contributed by atoms with Crippen LogP contribution in [0.3, 0.4) is 0 Å². The maximum absolute atomic E-state index is 14.0. The Morgan fingerprint density at radius 2 is 1.50 bits per heavy atom. The molecule has 2 rings (SSSR count). The number of guanidine groups is 2. The summed E-state index contributed by atoms with van der Waals surface area (Å²) in [6.07, 6.45) is -4.96. The molecule has 0 saturated carbocycles. The van der Waals surface area contributed by atoms with Gasteiger partial charge in [0.1, 0.15) is 11.5 Å². The molecule has 0 aromatic heterocycles. The highest BCUT2D eigenvalue weighted by molar-refractivity contribution is 5.93. The van der Waals surface area contributed by atoms with Gasteiger partial charge in [0.25, 0.3) is 0 Å². The van der Waals surface area contributed by atoms with Gasteiger partial charge in [-0.15, -0.1) is 0 Å². The van der Waals surface area contributed by atoms with E-state index < -0.39 is 52.6 Å². The highest BCUT2D eigenvalue weighted by Gasteiger charge is 2.33. The molecule has 6 N–H and O–H groups in total. The van der Waals surface area contributed by atoms with Crippen LogP contribution in [0.1, 0.15) is 11.1 Å². The highest BCUT2D eigenvalue weighted by atomic mass is 19.4. The normalized spacial score (nSPS) is 12.0. The van der Waals surface area contributed by atoms with Gasteiger partial charge in [-0.2, -0.15) is 18.2 Å². The molecule has 0 unspecified atom stereocenters. The van der Waals surface area contributed by atoms with Crippen molar-refractivity contribution >= 4 is 17.6 Å². The first kappa shape index (κ1) is 20.9. The summed E-state index contributed by atoms with van der Waals surface area (Å²) < 4.78 is 84.8. The Morgan fingerprint density at radius 3 is 2.00 bits per heavy atom. The van der Waals surface area contributed by atoms with Crippen molar-refractivity contribution in [3.8, 4) is 11.5 Å². The van der Waals surface area contributed by atoms with Crippen LogP contribution in [-0.4, -0.2) is 11.9 Å². The van der Waals surface area contributed by atoms with Gasteiger partial charge >= 0.3 is 6.18 Å². The Morgan fingerprint density at radius 1 is 0.929 bits per heavy atom. The molecule has 0 aliphatic carbocycles. The fourth-order valence-corrected chi connectivity index (χ4v) is 2.03. The molecule has 0 spiro atoms. The zero-order valence-corrected chi connectivity index (χ0v) is 14.1. The van der Waals surface area contributed by atoms with Crippen molar-refractivity contribution in [3.63, 3.8) is 0 Å². The van der Waals surface area contributed by atoms with E-state index in [4.69, 9.17) is 21.9 Å². The van der Waals surface area contributed by atoms with Gasteiger partial charge in [-0.3, -0.25) is 0 Å².